The number of anilines is 1. The van der Waals surface area contributed by atoms with E-state index < -0.39 is 0 Å². The van der Waals surface area contributed by atoms with Crippen LogP contribution in [0.15, 0.2) is 42.5 Å². The lowest BCUT2D eigenvalue weighted by molar-refractivity contribution is 0.0673. The van der Waals surface area contributed by atoms with Crippen molar-refractivity contribution in [2.45, 2.75) is 25.9 Å². The fraction of sp³-hybridized carbons (Fsp3) is 0.316. The summed E-state index contributed by atoms with van der Waals surface area (Å²) in [5.74, 6) is 0.303. The van der Waals surface area contributed by atoms with Crippen LogP contribution in [-0.4, -0.2) is 25.2 Å². The number of halogens is 1. The molecule has 2 aromatic rings. The molecule has 1 aliphatic rings. The molecule has 1 aliphatic heterocycles. The number of amides is 1. The van der Waals surface area contributed by atoms with E-state index in [1.54, 1.807) is 18.2 Å². The molecule has 1 atom stereocenters. The Morgan fingerprint density at radius 1 is 1.33 bits per heavy atom. The zero-order valence-corrected chi connectivity index (χ0v) is 14.3. The van der Waals surface area contributed by atoms with Gasteiger partial charge in [0, 0.05) is 6.61 Å². The molecule has 0 radical (unpaired) electrons. The molecule has 0 saturated carbocycles. The molecule has 2 aromatic carbocycles. The molecule has 3 rings (SSSR count). The Hall–Kier alpha value is -2.04. The summed E-state index contributed by atoms with van der Waals surface area (Å²) in [4.78, 5) is 12.6. The number of benzene rings is 2. The first kappa shape index (κ1) is 16.8. The minimum atomic E-state index is -0.247. The van der Waals surface area contributed by atoms with Gasteiger partial charge in [0.1, 0.15) is 12.4 Å². The van der Waals surface area contributed by atoms with Gasteiger partial charge in [0.2, 0.25) is 0 Å². The van der Waals surface area contributed by atoms with Crippen molar-refractivity contribution in [3.63, 3.8) is 0 Å². The number of carbonyl (C=O) groups is 1. The molecule has 4 nitrogen and oxygen atoms in total. The molecule has 0 aliphatic carbocycles. The summed E-state index contributed by atoms with van der Waals surface area (Å²) in [6, 6.07) is 12.7. The monoisotopic (exact) mass is 345 g/mol. The van der Waals surface area contributed by atoms with E-state index in [9.17, 15) is 4.79 Å². The molecule has 0 aromatic heterocycles. The van der Waals surface area contributed by atoms with Crippen molar-refractivity contribution in [1.29, 1.82) is 0 Å². The number of para-hydroxylation sites is 1. The molecule has 0 spiro atoms. The van der Waals surface area contributed by atoms with E-state index in [1.807, 2.05) is 31.2 Å². The second kappa shape index (κ2) is 7.69. The third kappa shape index (κ3) is 4.08. The topological polar surface area (TPSA) is 47.6 Å². The zero-order valence-electron chi connectivity index (χ0n) is 13.5. The van der Waals surface area contributed by atoms with Gasteiger partial charge in [-0.05, 0) is 49.6 Å². The maximum Gasteiger partial charge on any atom is 0.259 e. The maximum atomic E-state index is 12.6. The minimum Gasteiger partial charge on any atom is -0.490 e. The van der Waals surface area contributed by atoms with Gasteiger partial charge in [0.15, 0.2) is 0 Å². The van der Waals surface area contributed by atoms with E-state index in [-0.39, 0.29) is 12.0 Å². The average molecular weight is 346 g/mol. The number of carbonyl (C=O) groups excluding carboxylic acids is 1. The van der Waals surface area contributed by atoms with Crippen molar-refractivity contribution >= 4 is 23.2 Å². The molecule has 24 heavy (non-hydrogen) atoms. The SMILES string of the molecule is Cc1ccc(NC(=O)c2ccccc2OCC2CCCO2)c(Cl)c1. The van der Waals surface area contributed by atoms with E-state index in [4.69, 9.17) is 21.1 Å². The van der Waals surface area contributed by atoms with Crippen molar-refractivity contribution in [3.05, 3.63) is 58.6 Å². The van der Waals surface area contributed by atoms with Crippen LogP contribution in [0.4, 0.5) is 5.69 Å². The second-order valence-electron chi connectivity index (χ2n) is 5.88. The summed E-state index contributed by atoms with van der Waals surface area (Å²) in [6.45, 7) is 3.18. The van der Waals surface area contributed by atoms with Crippen LogP contribution in [0.5, 0.6) is 5.75 Å². The fourth-order valence-corrected chi connectivity index (χ4v) is 2.93. The third-order valence-corrected chi connectivity index (χ3v) is 4.27. The van der Waals surface area contributed by atoms with Crippen molar-refractivity contribution in [3.8, 4) is 5.75 Å². The van der Waals surface area contributed by atoms with Crippen molar-refractivity contribution < 1.29 is 14.3 Å². The molecule has 126 valence electrons. The summed E-state index contributed by atoms with van der Waals surface area (Å²) in [7, 11) is 0. The Labute approximate surface area is 146 Å². The van der Waals surface area contributed by atoms with E-state index in [1.165, 1.54) is 0 Å². The molecule has 1 N–H and O–H groups in total. The van der Waals surface area contributed by atoms with Crippen LogP contribution >= 0.6 is 11.6 Å². The first-order valence-electron chi connectivity index (χ1n) is 8.04. The summed E-state index contributed by atoms with van der Waals surface area (Å²) < 4.78 is 11.4. The van der Waals surface area contributed by atoms with E-state index in [2.05, 4.69) is 5.32 Å². The highest BCUT2D eigenvalue weighted by molar-refractivity contribution is 6.34. The van der Waals surface area contributed by atoms with Gasteiger partial charge in [-0.3, -0.25) is 4.79 Å². The van der Waals surface area contributed by atoms with Gasteiger partial charge >= 0.3 is 0 Å². The Bertz CT molecular complexity index is 726. The van der Waals surface area contributed by atoms with Gasteiger partial charge < -0.3 is 14.8 Å². The minimum absolute atomic E-state index is 0.104. The lowest BCUT2D eigenvalue weighted by atomic mass is 10.1. The highest BCUT2D eigenvalue weighted by atomic mass is 35.5. The Morgan fingerprint density at radius 2 is 2.17 bits per heavy atom. The van der Waals surface area contributed by atoms with Gasteiger partial charge in [-0.1, -0.05) is 29.8 Å². The molecule has 5 heteroatoms. The number of hydrogen-bond donors (Lipinski definition) is 1. The summed E-state index contributed by atoms with van der Waals surface area (Å²) >= 11 is 6.19. The quantitative estimate of drug-likeness (QED) is 0.870. The summed E-state index contributed by atoms with van der Waals surface area (Å²) in [5, 5.41) is 3.35. The third-order valence-electron chi connectivity index (χ3n) is 3.95. The Morgan fingerprint density at radius 3 is 2.92 bits per heavy atom. The molecule has 1 fully saturated rings. The van der Waals surface area contributed by atoms with Gasteiger partial charge in [-0.25, -0.2) is 0 Å². The molecule has 1 amide bonds. The predicted molar refractivity (Wildman–Crippen MR) is 95.1 cm³/mol. The predicted octanol–water partition coefficient (Wildman–Crippen LogP) is 4.46. The standard InChI is InChI=1S/C19H20ClNO3/c1-13-8-9-17(16(20)11-13)21-19(22)15-6-2-3-7-18(15)24-12-14-5-4-10-23-14/h2-3,6-9,11,14H,4-5,10,12H2,1H3,(H,21,22). The molecule has 1 heterocycles. The fourth-order valence-electron chi connectivity index (χ4n) is 2.65. The van der Waals surface area contributed by atoms with Crippen LogP contribution < -0.4 is 10.1 Å². The summed E-state index contributed by atoms with van der Waals surface area (Å²) in [6.07, 6.45) is 2.16. The van der Waals surface area contributed by atoms with Crippen molar-refractivity contribution in [1.82, 2.24) is 0 Å². The van der Waals surface area contributed by atoms with E-state index in [0.717, 1.165) is 25.0 Å². The van der Waals surface area contributed by atoms with Gasteiger partial charge in [-0.15, -0.1) is 0 Å². The molecule has 1 saturated heterocycles. The van der Waals surface area contributed by atoms with Crippen LogP contribution in [0.2, 0.25) is 5.02 Å². The van der Waals surface area contributed by atoms with Crippen LogP contribution in [-0.2, 0) is 4.74 Å². The smallest absolute Gasteiger partial charge is 0.259 e. The number of nitrogens with one attached hydrogen (secondary N) is 1. The Balaban J connectivity index is 1.72. The normalized spacial score (nSPS) is 16.8. The lowest BCUT2D eigenvalue weighted by Gasteiger charge is -2.15. The first-order chi connectivity index (χ1) is 11.6. The van der Waals surface area contributed by atoms with Crippen LogP contribution in [0, 0.1) is 6.92 Å². The maximum absolute atomic E-state index is 12.6. The van der Waals surface area contributed by atoms with Crippen molar-refractivity contribution in [2.24, 2.45) is 0 Å². The number of aryl methyl sites for hydroxylation is 1. The average Bonchev–Trinajstić information content (AvgIpc) is 3.09. The number of ether oxygens (including phenoxy) is 2. The highest BCUT2D eigenvalue weighted by Crippen LogP contribution is 2.26. The highest BCUT2D eigenvalue weighted by Gasteiger charge is 2.18. The van der Waals surface area contributed by atoms with Gasteiger partial charge in [0.25, 0.3) is 5.91 Å². The Kier molecular flexibility index (Phi) is 5.38. The van der Waals surface area contributed by atoms with Crippen LogP contribution in [0.3, 0.4) is 0 Å². The molecular formula is C19H20ClNO3. The molecule has 0 bridgehead atoms. The number of hydrogen-bond acceptors (Lipinski definition) is 3. The molecular weight excluding hydrogens is 326 g/mol. The number of rotatable bonds is 5. The second-order valence-corrected chi connectivity index (χ2v) is 6.29. The van der Waals surface area contributed by atoms with Crippen LogP contribution in [0.25, 0.3) is 0 Å². The first-order valence-corrected chi connectivity index (χ1v) is 8.42. The zero-order chi connectivity index (χ0) is 16.9. The van der Waals surface area contributed by atoms with Gasteiger partial charge in [-0.2, -0.15) is 0 Å². The van der Waals surface area contributed by atoms with E-state index >= 15 is 0 Å². The van der Waals surface area contributed by atoms with Crippen molar-refractivity contribution in [2.75, 3.05) is 18.5 Å². The van der Waals surface area contributed by atoms with Crippen LogP contribution in [0.1, 0.15) is 28.8 Å². The van der Waals surface area contributed by atoms with Gasteiger partial charge in [0.05, 0.1) is 22.4 Å². The lowest BCUT2D eigenvalue weighted by Crippen LogP contribution is -2.19. The summed E-state index contributed by atoms with van der Waals surface area (Å²) in [5.41, 5.74) is 2.10. The largest absolute Gasteiger partial charge is 0.490 e. The molecule has 1 unspecified atom stereocenters. The van der Waals surface area contributed by atoms with E-state index in [0.29, 0.717) is 28.6 Å².